The summed E-state index contributed by atoms with van der Waals surface area (Å²) < 4.78 is 15.5. The van der Waals surface area contributed by atoms with Crippen molar-refractivity contribution in [1.82, 2.24) is 0 Å². The van der Waals surface area contributed by atoms with Crippen LogP contribution in [0, 0.1) is 5.92 Å². The minimum Gasteiger partial charge on any atom is -0.458 e. The molecule has 0 aliphatic carbocycles. The number of rotatable bonds is 3. The van der Waals surface area contributed by atoms with Gasteiger partial charge in [0.05, 0.1) is 6.10 Å². The normalized spacial score (nSPS) is 35.9. The minimum atomic E-state index is -1.28. The molecule has 5 atom stereocenters. The van der Waals surface area contributed by atoms with E-state index in [0.29, 0.717) is 6.42 Å². The zero-order valence-corrected chi connectivity index (χ0v) is 11.1. The van der Waals surface area contributed by atoms with E-state index in [1.54, 1.807) is 0 Å². The van der Waals surface area contributed by atoms with E-state index in [0.717, 1.165) is 0 Å². The van der Waals surface area contributed by atoms with Gasteiger partial charge in [-0.1, -0.05) is 13.8 Å². The van der Waals surface area contributed by atoms with Crippen molar-refractivity contribution >= 4 is 11.9 Å². The van der Waals surface area contributed by atoms with Gasteiger partial charge in [-0.25, -0.2) is 0 Å². The number of aliphatic hydroxyl groups excluding tert-OH is 1. The van der Waals surface area contributed by atoms with Gasteiger partial charge in [0.15, 0.2) is 12.4 Å². The fourth-order valence-electron chi connectivity index (χ4n) is 2.20. The first-order valence-corrected chi connectivity index (χ1v) is 6.04. The van der Waals surface area contributed by atoms with Gasteiger partial charge in [0.1, 0.15) is 6.10 Å². The van der Waals surface area contributed by atoms with Crippen LogP contribution in [0.4, 0.5) is 0 Å². The highest BCUT2D eigenvalue weighted by atomic mass is 16.7. The van der Waals surface area contributed by atoms with Gasteiger partial charge in [-0.05, 0) is 6.42 Å². The van der Waals surface area contributed by atoms with Crippen molar-refractivity contribution in [2.45, 2.75) is 58.7 Å². The van der Waals surface area contributed by atoms with E-state index in [2.05, 4.69) is 0 Å². The van der Waals surface area contributed by atoms with Crippen LogP contribution in [0.25, 0.3) is 0 Å². The molecule has 0 radical (unpaired) electrons. The van der Waals surface area contributed by atoms with Gasteiger partial charge in [0.2, 0.25) is 0 Å². The van der Waals surface area contributed by atoms with Gasteiger partial charge in [-0.2, -0.15) is 0 Å². The lowest BCUT2D eigenvalue weighted by Gasteiger charge is -2.42. The van der Waals surface area contributed by atoms with Crippen LogP contribution in [0.2, 0.25) is 0 Å². The van der Waals surface area contributed by atoms with E-state index in [1.807, 2.05) is 13.8 Å². The first-order valence-electron chi connectivity index (χ1n) is 6.04. The Kier molecular flexibility index (Phi) is 5.10. The molecule has 0 spiro atoms. The average Bonchev–Trinajstić information content (AvgIpc) is 2.27. The standard InChI is InChI=1S/C12H20O6/c1-5-9-6(2)10(16-7(3)13)11(12(15)18-9)17-8(4)14/h6,9-12,15H,5H2,1-4H3/t6-,9-,10+,11+,12-/m1/s1. The fourth-order valence-corrected chi connectivity index (χ4v) is 2.20. The molecule has 1 N–H and O–H groups in total. The van der Waals surface area contributed by atoms with E-state index in [1.165, 1.54) is 13.8 Å². The third kappa shape index (κ3) is 3.43. The second-order valence-corrected chi connectivity index (χ2v) is 4.48. The summed E-state index contributed by atoms with van der Waals surface area (Å²) in [6, 6.07) is 0. The monoisotopic (exact) mass is 260 g/mol. The number of hydrogen-bond donors (Lipinski definition) is 1. The fraction of sp³-hybridized carbons (Fsp3) is 0.833. The van der Waals surface area contributed by atoms with Crippen LogP contribution in [0.5, 0.6) is 0 Å². The van der Waals surface area contributed by atoms with E-state index in [4.69, 9.17) is 14.2 Å². The third-order valence-corrected chi connectivity index (χ3v) is 3.03. The van der Waals surface area contributed by atoms with Crippen LogP contribution >= 0.6 is 0 Å². The van der Waals surface area contributed by atoms with E-state index in [-0.39, 0.29) is 12.0 Å². The molecule has 104 valence electrons. The molecule has 1 rings (SSSR count). The maximum Gasteiger partial charge on any atom is 0.303 e. The molecule has 0 bridgehead atoms. The van der Waals surface area contributed by atoms with Gasteiger partial charge in [-0.3, -0.25) is 9.59 Å². The lowest BCUT2D eigenvalue weighted by atomic mass is 9.89. The molecular formula is C12H20O6. The zero-order chi connectivity index (χ0) is 13.9. The van der Waals surface area contributed by atoms with E-state index < -0.39 is 30.4 Å². The summed E-state index contributed by atoms with van der Waals surface area (Å²) in [6.45, 7) is 6.25. The Hall–Kier alpha value is -1.14. The Labute approximate surface area is 106 Å². The van der Waals surface area contributed by atoms with Crippen LogP contribution in [0.15, 0.2) is 0 Å². The van der Waals surface area contributed by atoms with Crippen LogP contribution in [-0.4, -0.2) is 41.6 Å². The molecular weight excluding hydrogens is 240 g/mol. The van der Waals surface area contributed by atoms with Crippen molar-refractivity contribution in [2.24, 2.45) is 5.92 Å². The Bertz CT molecular complexity index is 316. The molecule has 6 heteroatoms. The molecule has 18 heavy (non-hydrogen) atoms. The summed E-state index contributed by atoms with van der Waals surface area (Å²) >= 11 is 0. The van der Waals surface area contributed by atoms with Crippen molar-refractivity contribution < 1.29 is 28.9 Å². The molecule has 0 amide bonds. The number of carbonyl (C=O) groups is 2. The molecule has 0 aromatic heterocycles. The van der Waals surface area contributed by atoms with Crippen LogP contribution in [0.3, 0.4) is 0 Å². The molecule has 0 aromatic carbocycles. The third-order valence-electron chi connectivity index (χ3n) is 3.03. The molecule has 0 unspecified atom stereocenters. The van der Waals surface area contributed by atoms with E-state index >= 15 is 0 Å². The summed E-state index contributed by atoms with van der Waals surface area (Å²) in [7, 11) is 0. The zero-order valence-electron chi connectivity index (χ0n) is 11.1. The van der Waals surface area contributed by atoms with Crippen LogP contribution in [0.1, 0.15) is 34.1 Å². The number of esters is 2. The summed E-state index contributed by atoms with van der Waals surface area (Å²) in [6.07, 6.45) is -2.53. The van der Waals surface area contributed by atoms with Gasteiger partial charge in [0, 0.05) is 19.8 Å². The Morgan fingerprint density at radius 1 is 1.17 bits per heavy atom. The van der Waals surface area contributed by atoms with E-state index in [9.17, 15) is 14.7 Å². The maximum atomic E-state index is 11.1. The maximum absolute atomic E-state index is 11.1. The molecule has 0 saturated carbocycles. The topological polar surface area (TPSA) is 82.1 Å². The van der Waals surface area contributed by atoms with Crippen LogP contribution in [-0.2, 0) is 23.8 Å². The average molecular weight is 260 g/mol. The predicted molar refractivity (Wildman–Crippen MR) is 61.4 cm³/mol. The Morgan fingerprint density at radius 3 is 2.11 bits per heavy atom. The molecule has 6 nitrogen and oxygen atoms in total. The van der Waals surface area contributed by atoms with Crippen molar-refractivity contribution in [2.75, 3.05) is 0 Å². The number of ether oxygens (including phenoxy) is 3. The van der Waals surface area contributed by atoms with Crippen molar-refractivity contribution in [3.63, 3.8) is 0 Å². The molecule has 1 heterocycles. The predicted octanol–water partition coefficient (Wildman–Crippen LogP) is 0.613. The van der Waals surface area contributed by atoms with Gasteiger partial charge >= 0.3 is 11.9 Å². The van der Waals surface area contributed by atoms with Gasteiger partial charge in [-0.15, -0.1) is 0 Å². The van der Waals surface area contributed by atoms with Gasteiger partial charge < -0.3 is 19.3 Å². The molecule has 1 saturated heterocycles. The SMILES string of the molecule is CC[C@H]1O[C@@H](O)[C@@H](OC(C)=O)[C@@H](OC(C)=O)[C@@H]1C. The largest absolute Gasteiger partial charge is 0.458 e. The highest BCUT2D eigenvalue weighted by Gasteiger charge is 2.46. The number of hydrogen-bond acceptors (Lipinski definition) is 6. The number of carbonyl (C=O) groups excluding carboxylic acids is 2. The van der Waals surface area contributed by atoms with Crippen molar-refractivity contribution in [3.05, 3.63) is 0 Å². The summed E-state index contributed by atoms with van der Waals surface area (Å²) in [5, 5.41) is 9.83. The molecule has 0 aromatic rings. The number of aliphatic hydroxyl groups is 1. The summed E-state index contributed by atoms with van der Waals surface area (Å²) in [5.41, 5.74) is 0. The van der Waals surface area contributed by atoms with Crippen molar-refractivity contribution in [1.29, 1.82) is 0 Å². The lowest BCUT2D eigenvalue weighted by molar-refractivity contribution is -0.275. The molecule has 1 aliphatic heterocycles. The Morgan fingerprint density at radius 2 is 1.67 bits per heavy atom. The smallest absolute Gasteiger partial charge is 0.303 e. The second kappa shape index (κ2) is 6.15. The first-order chi connectivity index (χ1) is 8.36. The first kappa shape index (κ1) is 14.9. The molecule has 1 aliphatic rings. The summed E-state index contributed by atoms with van der Waals surface area (Å²) in [5.74, 6) is -1.19. The summed E-state index contributed by atoms with van der Waals surface area (Å²) in [4.78, 5) is 22.1. The van der Waals surface area contributed by atoms with Crippen LogP contribution < -0.4 is 0 Å². The Balaban J connectivity index is 2.89. The quantitative estimate of drug-likeness (QED) is 0.749. The highest BCUT2D eigenvalue weighted by Crippen LogP contribution is 2.30. The van der Waals surface area contributed by atoms with Gasteiger partial charge in [0.25, 0.3) is 0 Å². The lowest BCUT2D eigenvalue weighted by Crippen LogP contribution is -2.56. The second-order valence-electron chi connectivity index (χ2n) is 4.48. The highest BCUT2D eigenvalue weighted by molar-refractivity contribution is 5.67. The van der Waals surface area contributed by atoms with Crippen molar-refractivity contribution in [3.8, 4) is 0 Å². The molecule has 1 fully saturated rings. The minimum absolute atomic E-state index is 0.161.